The van der Waals surface area contributed by atoms with Crippen molar-refractivity contribution >= 4 is 25.7 Å². The number of terminal acetylenes is 1. The van der Waals surface area contributed by atoms with Crippen molar-refractivity contribution in [3.8, 4) is 18.1 Å². The van der Waals surface area contributed by atoms with Crippen LogP contribution in [0.15, 0.2) is 23.8 Å². The molecule has 4 aliphatic carbocycles. The molecule has 4 heteroatoms. The van der Waals surface area contributed by atoms with Crippen LogP contribution in [-0.2, 0) is 4.74 Å². The largest absolute Gasteiger partial charge is 0.543 e. The van der Waals surface area contributed by atoms with Crippen molar-refractivity contribution < 1.29 is 9.16 Å². The number of ether oxygens (including phenoxy) is 1. The first-order valence-corrected chi connectivity index (χ1v) is 14.5. The van der Waals surface area contributed by atoms with Crippen LogP contribution >= 0.6 is 11.6 Å². The summed E-state index contributed by atoms with van der Waals surface area (Å²) < 4.78 is 12.7. The summed E-state index contributed by atoms with van der Waals surface area (Å²) >= 11 is 6.97. The van der Waals surface area contributed by atoms with Crippen molar-refractivity contribution in [3.05, 3.63) is 34.9 Å². The van der Waals surface area contributed by atoms with Gasteiger partial charge in [0.1, 0.15) is 11.5 Å². The zero-order chi connectivity index (χ0) is 21.9. The Bertz CT molecular complexity index is 900. The number of alkyl halides is 1. The minimum atomic E-state index is -2.01. The first-order valence-electron chi connectivity index (χ1n) is 11.2. The Morgan fingerprint density at radius 3 is 2.30 bits per heavy atom. The molecule has 0 amide bonds. The molecule has 0 radical (unpaired) electrons. The molecule has 0 heterocycles. The van der Waals surface area contributed by atoms with Gasteiger partial charge in [-0.2, -0.15) is 0 Å². The third kappa shape index (κ3) is 3.71. The first kappa shape index (κ1) is 21.8. The van der Waals surface area contributed by atoms with Crippen LogP contribution in [0.5, 0.6) is 5.75 Å². The zero-order valence-corrected chi connectivity index (χ0v) is 21.0. The zero-order valence-electron chi connectivity index (χ0n) is 19.3. The standard InChI is InChI=1S/C26H35ClO2Si/c1-8-18-9-10-19(13-22(18)29-30(6,7)25(2,3)4)24(28-5)23-20-11-17-12-21(23)16-26(27,14-17)15-20/h1,9-10,13,17,20-21H,11-12,14-16H2,2-7H3. The fourth-order valence-corrected chi connectivity index (χ4v) is 7.38. The van der Waals surface area contributed by atoms with Crippen LogP contribution in [0.2, 0.25) is 18.1 Å². The molecule has 0 spiro atoms. The van der Waals surface area contributed by atoms with Crippen LogP contribution in [-0.4, -0.2) is 20.3 Å². The summed E-state index contributed by atoms with van der Waals surface area (Å²) in [7, 11) is -0.208. The lowest BCUT2D eigenvalue weighted by Gasteiger charge is -2.55. The second kappa shape index (κ2) is 7.35. The summed E-state index contributed by atoms with van der Waals surface area (Å²) in [6.07, 6.45) is 11.7. The van der Waals surface area contributed by atoms with Gasteiger partial charge in [0.15, 0.2) is 0 Å². The van der Waals surface area contributed by atoms with Crippen LogP contribution < -0.4 is 4.43 Å². The average molecular weight is 443 g/mol. The van der Waals surface area contributed by atoms with Gasteiger partial charge in [-0.05, 0) is 91.8 Å². The summed E-state index contributed by atoms with van der Waals surface area (Å²) in [4.78, 5) is 0.0166. The van der Waals surface area contributed by atoms with E-state index < -0.39 is 8.32 Å². The highest BCUT2D eigenvalue weighted by Crippen LogP contribution is 2.61. The molecule has 0 aromatic heterocycles. The van der Waals surface area contributed by atoms with Gasteiger partial charge in [-0.3, -0.25) is 0 Å². The maximum atomic E-state index is 6.97. The summed E-state index contributed by atoms with van der Waals surface area (Å²) in [5.41, 5.74) is 3.38. The van der Waals surface area contributed by atoms with Gasteiger partial charge in [0.25, 0.3) is 8.32 Å². The van der Waals surface area contributed by atoms with Crippen LogP contribution in [0.4, 0.5) is 0 Å². The number of halogens is 1. The molecule has 1 aromatic carbocycles. The number of hydrogen-bond donors (Lipinski definition) is 0. The maximum absolute atomic E-state index is 6.97. The van der Waals surface area contributed by atoms with Gasteiger partial charge in [-0.15, -0.1) is 18.0 Å². The molecule has 4 aliphatic rings. The van der Waals surface area contributed by atoms with Gasteiger partial charge >= 0.3 is 0 Å². The number of methoxy groups -OCH3 is 1. The van der Waals surface area contributed by atoms with Crippen LogP contribution in [0.1, 0.15) is 64.0 Å². The van der Waals surface area contributed by atoms with E-state index in [9.17, 15) is 0 Å². The molecule has 1 aromatic rings. The highest BCUT2D eigenvalue weighted by Gasteiger charge is 2.53. The molecule has 4 fully saturated rings. The molecular weight excluding hydrogens is 408 g/mol. The van der Waals surface area contributed by atoms with E-state index in [2.05, 4.69) is 51.9 Å². The molecular formula is C26H35ClO2Si. The lowest BCUT2D eigenvalue weighted by Crippen LogP contribution is -2.48. The highest BCUT2D eigenvalue weighted by molar-refractivity contribution is 6.74. The number of allylic oxidation sites excluding steroid dienone is 1. The van der Waals surface area contributed by atoms with Gasteiger partial charge in [0, 0.05) is 10.4 Å². The van der Waals surface area contributed by atoms with Gasteiger partial charge < -0.3 is 9.16 Å². The van der Waals surface area contributed by atoms with E-state index >= 15 is 0 Å². The fraction of sp³-hybridized carbons (Fsp3) is 0.615. The van der Waals surface area contributed by atoms with E-state index in [-0.39, 0.29) is 9.91 Å². The molecule has 162 valence electrons. The van der Waals surface area contributed by atoms with Crippen molar-refractivity contribution in [3.63, 3.8) is 0 Å². The Morgan fingerprint density at radius 1 is 1.17 bits per heavy atom. The predicted molar refractivity (Wildman–Crippen MR) is 128 cm³/mol. The minimum absolute atomic E-state index is 0.0166. The lowest BCUT2D eigenvalue weighted by molar-refractivity contribution is 0.0843. The molecule has 5 rings (SSSR count). The molecule has 4 bridgehead atoms. The Morgan fingerprint density at radius 2 is 1.80 bits per heavy atom. The monoisotopic (exact) mass is 442 g/mol. The Kier molecular flexibility index (Phi) is 5.35. The summed E-state index contributed by atoms with van der Waals surface area (Å²) in [6, 6.07) is 6.22. The molecule has 0 N–H and O–H groups in total. The molecule has 4 saturated carbocycles. The van der Waals surface area contributed by atoms with Crippen molar-refractivity contribution in [1.82, 2.24) is 0 Å². The molecule has 0 saturated heterocycles. The quantitative estimate of drug-likeness (QED) is 0.212. The highest BCUT2D eigenvalue weighted by atomic mass is 35.5. The van der Waals surface area contributed by atoms with Crippen LogP contribution in [0, 0.1) is 30.1 Å². The first-order chi connectivity index (χ1) is 14.0. The van der Waals surface area contributed by atoms with E-state index in [0.29, 0.717) is 11.8 Å². The smallest absolute Gasteiger partial charge is 0.250 e. The van der Waals surface area contributed by atoms with Gasteiger partial charge in [0.2, 0.25) is 0 Å². The number of benzene rings is 1. The predicted octanol–water partition coefficient (Wildman–Crippen LogP) is 7.23. The molecule has 2 atom stereocenters. The summed E-state index contributed by atoms with van der Waals surface area (Å²) in [6.45, 7) is 11.3. The minimum Gasteiger partial charge on any atom is -0.543 e. The summed E-state index contributed by atoms with van der Waals surface area (Å²) in [5.74, 6) is 6.51. The van der Waals surface area contributed by atoms with Gasteiger partial charge in [-0.1, -0.05) is 26.7 Å². The Balaban J connectivity index is 1.75. The van der Waals surface area contributed by atoms with Crippen molar-refractivity contribution in [2.24, 2.45) is 17.8 Å². The number of rotatable bonds is 4. The van der Waals surface area contributed by atoms with E-state index in [0.717, 1.165) is 41.4 Å². The number of hydrogen-bond acceptors (Lipinski definition) is 2. The second-order valence-corrected chi connectivity index (χ2v) is 16.7. The molecule has 2 unspecified atom stereocenters. The SMILES string of the molecule is C#Cc1ccc(C(OC)=C2C3CC4CC2CC(Cl)(C4)C3)cc1O[Si](C)(C)C(C)(C)C. The van der Waals surface area contributed by atoms with E-state index in [4.69, 9.17) is 27.2 Å². The fourth-order valence-electron chi connectivity index (χ4n) is 5.76. The van der Waals surface area contributed by atoms with Crippen LogP contribution in [0.25, 0.3) is 5.76 Å². The van der Waals surface area contributed by atoms with Crippen molar-refractivity contribution in [2.45, 2.75) is 75.9 Å². The van der Waals surface area contributed by atoms with Crippen molar-refractivity contribution in [2.75, 3.05) is 7.11 Å². The topological polar surface area (TPSA) is 18.5 Å². The average Bonchev–Trinajstić information content (AvgIpc) is 2.62. The maximum Gasteiger partial charge on any atom is 0.250 e. The van der Waals surface area contributed by atoms with Gasteiger partial charge in [-0.25, -0.2) is 0 Å². The third-order valence-corrected chi connectivity index (χ3v) is 12.8. The van der Waals surface area contributed by atoms with Crippen molar-refractivity contribution in [1.29, 1.82) is 0 Å². The Hall–Kier alpha value is -1.37. The summed E-state index contributed by atoms with van der Waals surface area (Å²) in [5, 5.41) is 0.105. The van der Waals surface area contributed by atoms with E-state index in [1.807, 2.05) is 6.07 Å². The molecule has 2 nitrogen and oxygen atoms in total. The normalized spacial score (nSPS) is 30.2. The molecule has 30 heavy (non-hydrogen) atoms. The van der Waals surface area contributed by atoms with Gasteiger partial charge in [0.05, 0.1) is 12.7 Å². The lowest BCUT2D eigenvalue weighted by atomic mass is 9.53. The van der Waals surface area contributed by atoms with E-state index in [1.165, 1.54) is 24.8 Å². The third-order valence-electron chi connectivity index (χ3n) is 8.03. The van der Waals surface area contributed by atoms with Crippen LogP contribution in [0.3, 0.4) is 0 Å². The van der Waals surface area contributed by atoms with E-state index in [1.54, 1.807) is 7.11 Å². The second-order valence-electron chi connectivity index (χ2n) is 11.2. The Labute approximate surface area is 188 Å². The molecule has 0 aliphatic heterocycles.